The van der Waals surface area contributed by atoms with Crippen molar-refractivity contribution in [2.45, 2.75) is 26.5 Å². The van der Waals surface area contributed by atoms with Crippen molar-refractivity contribution in [1.82, 2.24) is 10.2 Å². The predicted octanol–water partition coefficient (Wildman–Crippen LogP) is 2.49. The summed E-state index contributed by atoms with van der Waals surface area (Å²) < 4.78 is 20.3. The number of nitrogens with one attached hydrogen (secondary N) is 1. The van der Waals surface area contributed by atoms with E-state index in [4.69, 9.17) is 13.9 Å². The Hall–Kier alpha value is -4.08. The Morgan fingerprint density at radius 2 is 1.97 bits per heavy atom. The smallest absolute Gasteiger partial charge is 0.373 e. The normalized spacial score (nSPS) is 14.6. The number of imide groups is 1. The van der Waals surface area contributed by atoms with E-state index in [0.717, 1.165) is 4.90 Å². The summed E-state index contributed by atoms with van der Waals surface area (Å²) in [4.78, 5) is 49.0. The largest absolute Gasteiger partial charge is 0.482 e. The molecule has 1 aromatic carbocycles. The average Bonchev–Trinajstić information content (AvgIpc) is 3.32. The molecule has 0 aliphatic carbocycles. The summed E-state index contributed by atoms with van der Waals surface area (Å²) in [6.45, 7) is 3.08. The molecule has 10 heteroatoms. The Balaban J connectivity index is 1.67. The van der Waals surface area contributed by atoms with E-state index in [1.807, 2.05) is 0 Å². The predicted molar refractivity (Wildman–Crippen MR) is 110 cm³/mol. The summed E-state index contributed by atoms with van der Waals surface area (Å²) in [6, 6.07) is 8.93. The van der Waals surface area contributed by atoms with Gasteiger partial charge in [-0.25, -0.2) is 14.4 Å². The molecule has 1 fully saturated rings. The second-order valence-electron chi connectivity index (χ2n) is 7.04. The average molecular weight is 442 g/mol. The second-order valence-corrected chi connectivity index (χ2v) is 7.04. The lowest BCUT2D eigenvalue weighted by molar-refractivity contribution is -0.149. The molecule has 0 spiro atoms. The van der Waals surface area contributed by atoms with Gasteiger partial charge in [-0.05, 0) is 49.8 Å². The number of hydrogen-bond acceptors (Lipinski definition) is 8. The number of rotatable bonds is 8. The van der Waals surface area contributed by atoms with Gasteiger partial charge in [-0.3, -0.25) is 9.69 Å². The molecule has 1 aliphatic rings. The van der Waals surface area contributed by atoms with Gasteiger partial charge in [-0.2, -0.15) is 0 Å². The lowest BCUT2D eigenvalue weighted by atomic mass is 10.2. The molecule has 1 aromatic heterocycles. The molecule has 0 unspecified atom stereocenters. The molecule has 168 valence electrons. The maximum atomic E-state index is 12.7. The van der Waals surface area contributed by atoms with Crippen molar-refractivity contribution in [3.63, 3.8) is 0 Å². The second kappa shape index (κ2) is 9.82. The highest BCUT2D eigenvalue weighted by Crippen LogP contribution is 2.20. The van der Waals surface area contributed by atoms with Gasteiger partial charge in [-0.1, -0.05) is 12.1 Å². The Bertz CT molecular complexity index is 1070. The minimum atomic E-state index is -0.659. The molecule has 10 nitrogen and oxygen atoms in total. The third-order valence-electron chi connectivity index (χ3n) is 4.22. The summed E-state index contributed by atoms with van der Waals surface area (Å²) in [5.41, 5.74) is 0.641. The van der Waals surface area contributed by atoms with Gasteiger partial charge < -0.3 is 23.9 Å². The first kappa shape index (κ1) is 22.6. The number of amides is 3. The Morgan fingerprint density at radius 3 is 2.69 bits per heavy atom. The summed E-state index contributed by atoms with van der Waals surface area (Å²) in [5.74, 6) is -1.09. The van der Waals surface area contributed by atoms with Crippen LogP contribution in [0.15, 0.2) is 46.5 Å². The van der Waals surface area contributed by atoms with Crippen LogP contribution in [0.3, 0.4) is 0 Å². The SMILES string of the molecule is COC(=O)c1ccc(CN2C(=O)N/C(=C\c3cccc(OCC(=O)OC(C)C)c3)C2=O)o1. The lowest BCUT2D eigenvalue weighted by Crippen LogP contribution is -2.30. The monoisotopic (exact) mass is 442 g/mol. The van der Waals surface area contributed by atoms with Crippen LogP contribution in [0.1, 0.15) is 35.7 Å². The highest BCUT2D eigenvalue weighted by atomic mass is 16.6. The molecular weight excluding hydrogens is 420 g/mol. The summed E-state index contributed by atoms with van der Waals surface area (Å²) in [5, 5.41) is 2.50. The van der Waals surface area contributed by atoms with E-state index < -0.39 is 23.9 Å². The number of esters is 2. The minimum Gasteiger partial charge on any atom is -0.482 e. The van der Waals surface area contributed by atoms with E-state index >= 15 is 0 Å². The molecule has 1 aliphatic heterocycles. The molecule has 3 amide bonds. The van der Waals surface area contributed by atoms with Gasteiger partial charge in [0, 0.05) is 0 Å². The van der Waals surface area contributed by atoms with Crippen molar-refractivity contribution >= 4 is 30.0 Å². The molecular formula is C22H22N2O8. The van der Waals surface area contributed by atoms with Crippen LogP contribution in [0.2, 0.25) is 0 Å². The highest BCUT2D eigenvalue weighted by molar-refractivity contribution is 6.13. The van der Waals surface area contributed by atoms with Crippen molar-refractivity contribution in [2.75, 3.05) is 13.7 Å². The Kier molecular flexibility index (Phi) is 6.93. The van der Waals surface area contributed by atoms with Gasteiger partial charge in [0.25, 0.3) is 5.91 Å². The molecule has 0 bridgehead atoms. The molecule has 2 heterocycles. The van der Waals surface area contributed by atoms with E-state index in [0.29, 0.717) is 11.3 Å². The number of hydrogen-bond donors (Lipinski definition) is 1. The Labute approximate surface area is 183 Å². The third kappa shape index (κ3) is 5.54. The molecule has 2 aromatic rings. The van der Waals surface area contributed by atoms with E-state index in [1.165, 1.54) is 25.3 Å². The molecule has 1 N–H and O–H groups in total. The van der Waals surface area contributed by atoms with Crippen molar-refractivity contribution in [1.29, 1.82) is 0 Å². The summed E-state index contributed by atoms with van der Waals surface area (Å²) in [7, 11) is 1.22. The fraction of sp³-hybridized carbons (Fsp3) is 0.273. The van der Waals surface area contributed by atoms with E-state index in [2.05, 4.69) is 10.1 Å². The number of carbonyl (C=O) groups is 4. The standard InChI is InChI=1S/C22H22N2O8/c1-13(2)31-19(25)12-30-15-6-4-5-14(9-15)10-17-20(26)24(22(28)23-17)11-16-7-8-18(32-16)21(27)29-3/h4-10,13H,11-12H2,1-3H3,(H,23,28)/b17-10-. The number of urea groups is 1. The summed E-state index contributed by atoms with van der Waals surface area (Å²) in [6.07, 6.45) is 1.25. The lowest BCUT2D eigenvalue weighted by Gasteiger charge is -2.10. The molecule has 32 heavy (non-hydrogen) atoms. The fourth-order valence-electron chi connectivity index (χ4n) is 2.84. The fourth-order valence-corrected chi connectivity index (χ4v) is 2.84. The number of benzene rings is 1. The van der Waals surface area contributed by atoms with Crippen LogP contribution in [0.5, 0.6) is 5.75 Å². The van der Waals surface area contributed by atoms with Crippen LogP contribution in [0.25, 0.3) is 6.08 Å². The van der Waals surface area contributed by atoms with Crippen LogP contribution in [0.4, 0.5) is 4.79 Å². The van der Waals surface area contributed by atoms with Crippen molar-refractivity contribution < 1.29 is 37.8 Å². The molecule has 1 saturated heterocycles. The van der Waals surface area contributed by atoms with Gasteiger partial charge in [0.1, 0.15) is 17.2 Å². The van der Waals surface area contributed by atoms with Crippen molar-refractivity contribution in [3.05, 3.63) is 59.2 Å². The van der Waals surface area contributed by atoms with E-state index in [9.17, 15) is 19.2 Å². The minimum absolute atomic E-state index is 0.0283. The first-order valence-electron chi connectivity index (χ1n) is 9.70. The van der Waals surface area contributed by atoms with Crippen LogP contribution in [0, 0.1) is 0 Å². The van der Waals surface area contributed by atoms with E-state index in [1.54, 1.807) is 38.1 Å². The molecule has 0 saturated carbocycles. The third-order valence-corrected chi connectivity index (χ3v) is 4.22. The van der Waals surface area contributed by atoms with E-state index in [-0.39, 0.29) is 36.5 Å². The zero-order valence-corrected chi connectivity index (χ0v) is 17.7. The molecule has 0 atom stereocenters. The quantitative estimate of drug-likeness (QED) is 0.376. The van der Waals surface area contributed by atoms with Crippen LogP contribution >= 0.6 is 0 Å². The Morgan fingerprint density at radius 1 is 1.19 bits per heavy atom. The van der Waals surface area contributed by atoms with Gasteiger partial charge in [0.15, 0.2) is 6.61 Å². The molecule has 3 rings (SSSR count). The molecule has 0 radical (unpaired) electrons. The van der Waals surface area contributed by atoms with Gasteiger partial charge in [-0.15, -0.1) is 0 Å². The number of nitrogens with zero attached hydrogens (tertiary/aromatic N) is 1. The number of furan rings is 1. The van der Waals surface area contributed by atoms with Gasteiger partial charge in [0.2, 0.25) is 5.76 Å². The van der Waals surface area contributed by atoms with Crippen molar-refractivity contribution in [2.24, 2.45) is 0 Å². The zero-order chi connectivity index (χ0) is 23.3. The van der Waals surface area contributed by atoms with Gasteiger partial charge in [0.05, 0.1) is 19.8 Å². The van der Waals surface area contributed by atoms with Crippen LogP contribution < -0.4 is 10.1 Å². The highest BCUT2D eigenvalue weighted by Gasteiger charge is 2.34. The number of ether oxygens (including phenoxy) is 3. The van der Waals surface area contributed by atoms with Crippen LogP contribution in [-0.2, 0) is 25.6 Å². The topological polar surface area (TPSA) is 124 Å². The van der Waals surface area contributed by atoms with Crippen LogP contribution in [-0.4, -0.2) is 48.6 Å². The van der Waals surface area contributed by atoms with Crippen molar-refractivity contribution in [3.8, 4) is 5.75 Å². The maximum absolute atomic E-state index is 12.7. The maximum Gasteiger partial charge on any atom is 0.373 e. The summed E-state index contributed by atoms with van der Waals surface area (Å²) >= 11 is 0. The first-order valence-corrected chi connectivity index (χ1v) is 9.70. The number of carbonyl (C=O) groups excluding carboxylic acids is 4. The zero-order valence-electron chi connectivity index (χ0n) is 17.7. The van der Waals surface area contributed by atoms with Gasteiger partial charge >= 0.3 is 18.0 Å². The first-order chi connectivity index (χ1) is 15.3. The number of methoxy groups -OCH3 is 1.